The van der Waals surface area contributed by atoms with Gasteiger partial charge in [-0.15, -0.1) is 0 Å². The van der Waals surface area contributed by atoms with E-state index in [1.54, 1.807) is 11.3 Å². The molecular formula is C13H20N2OS. The predicted octanol–water partition coefficient (Wildman–Crippen LogP) is 1.79. The molecule has 1 fully saturated rings. The molecule has 1 amide bonds. The van der Waals surface area contributed by atoms with Gasteiger partial charge in [-0.3, -0.25) is 4.79 Å². The number of amides is 1. The molecule has 0 aliphatic carbocycles. The van der Waals surface area contributed by atoms with Crippen molar-refractivity contribution in [3.63, 3.8) is 0 Å². The van der Waals surface area contributed by atoms with Crippen molar-refractivity contribution in [1.29, 1.82) is 0 Å². The Labute approximate surface area is 107 Å². The molecule has 1 aliphatic rings. The molecule has 4 heteroatoms. The van der Waals surface area contributed by atoms with Crippen molar-refractivity contribution in [1.82, 2.24) is 10.6 Å². The average molecular weight is 252 g/mol. The Morgan fingerprint density at radius 2 is 2.53 bits per heavy atom. The van der Waals surface area contributed by atoms with Crippen LogP contribution in [0.4, 0.5) is 0 Å². The summed E-state index contributed by atoms with van der Waals surface area (Å²) in [5, 5.41) is 10.5. The number of piperidine rings is 1. The Hall–Kier alpha value is -0.870. The van der Waals surface area contributed by atoms with Crippen LogP contribution in [-0.2, 0) is 11.2 Å². The first-order valence-corrected chi connectivity index (χ1v) is 7.24. The summed E-state index contributed by atoms with van der Waals surface area (Å²) < 4.78 is 0. The van der Waals surface area contributed by atoms with Crippen molar-refractivity contribution in [3.05, 3.63) is 22.4 Å². The van der Waals surface area contributed by atoms with Gasteiger partial charge >= 0.3 is 0 Å². The fraction of sp³-hybridized carbons (Fsp3) is 0.615. The Morgan fingerprint density at radius 3 is 3.24 bits per heavy atom. The largest absolute Gasteiger partial charge is 0.354 e. The van der Waals surface area contributed by atoms with Gasteiger partial charge in [0, 0.05) is 6.54 Å². The summed E-state index contributed by atoms with van der Waals surface area (Å²) in [5.74, 6) is 0.609. The lowest BCUT2D eigenvalue weighted by Crippen LogP contribution is -2.51. The van der Waals surface area contributed by atoms with Crippen molar-refractivity contribution >= 4 is 17.2 Å². The molecular weight excluding hydrogens is 232 g/mol. The normalized spacial score (nSPS) is 24.5. The van der Waals surface area contributed by atoms with Crippen molar-refractivity contribution < 1.29 is 4.79 Å². The van der Waals surface area contributed by atoms with Gasteiger partial charge in [0.25, 0.3) is 0 Å². The minimum atomic E-state index is 0.00576. The molecule has 3 nitrogen and oxygen atoms in total. The van der Waals surface area contributed by atoms with Crippen LogP contribution in [0, 0.1) is 5.92 Å². The van der Waals surface area contributed by atoms with Crippen molar-refractivity contribution in [2.24, 2.45) is 5.92 Å². The van der Waals surface area contributed by atoms with E-state index in [1.165, 1.54) is 12.0 Å². The third-order valence-electron chi connectivity index (χ3n) is 3.35. The predicted molar refractivity (Wildman–Crippen MR) is 71.2 cm³/mol. The summed E-state index contributed by atoms with van der Waals surface area (Å²) in [6.45, 7) is 3.85. The first kappa shape index (κ1) is 12.6. The van der Waals surface area contributed by atoms with Gasteiger partial charge in [0.15, 0.2) is 0 Å². The zero-order chi connectivity index (χ0) is 12.1. The lowest BCUT2D eigenvalue weighted by molar-refractivity contribution is -0.124. The van der Waals surface area contributed by atoms with Crippen LogP contribution < -0.4 is 10.6 Å². The Balaban J connectivity index is 1.73. The molecule has 2 atom stereocenters. The summed E-state index contributed by atoms with van der Waals surface area (Å²) in [7, 11) is 0. The standard InChI is InChI=1S/C13H20N2OS/c1-10-3-2-6-14-12(10)13(16)15-7-4-11-5-8-17-9-11/h5,8-10,12,14H,2-4,6-7H2,1H3,(H,15,16). The average Bonchev–Trinajstić information content (AvgIpc) is 2.82. The maximum atomic E-state index is 12.0. The van der Waals surface area contributed by atoms with Crippen LogP contribution in [0.3, 0.4) is 0 Å². The molecule has 0 spiro atoms. The third kappa shape index (κ3) is 3.54. The lowest BCUT2D eigenvalue weighted by Gasteiger charge is -2.28. The van der Waals surface area contributed by atoms with Gasteiger partial charge in [-0.1, -0.05) is 6.92 Å². The second kappa shape index (κ2) is 6.17. The molecule has 1 aromatic heterocycles. The SMILES string of the molecule is CC1CCCNC1C(=O)NCCc1ccsc1. The van der Waals surface area contributed by atoms with Crippen LogP contribution in [0.1, 0.15) is 25.3 Å². The van der Waals surface area contributed by atoms with Crippen LogP contribution in [-0.4, -0.2) is 25.0 Å². The fourth-order valence-corrected chi connectivity index (χ4v) is 2.98. The zero-order valence-corrected chi connectivity index (χ0v) is 11.1. The molecule has 0 radical (unpaired) electrons. The van der Waals surface area contributed by atoms with Crippen LogP contribution in [0.2, 0.25) is 0 Å². The first-order chi connectivity index (χ1) is 8.27. The second-order valence-electron chi connectivity index (χ2n) is 4.72. The quantitative estimate of drug-likeness (QED) is 0.858. The van der Waals surface area contributed by atoms with Crippen molar-refractivity contribution in [2.45, 2.75) is 32.2 Å². The van der Waals surface area contributed by atoms with Gasteiger partial charge in [-0.05, 0) is 54.1 Å². The summed E-state index contributed by atoms with van der Waals surface area (Å²) in [6, 6.07) is 2.12. The highest BCUT2D eigenvalue weighted by Gasteiger charge is 2.26. The Bertz CT molecular complexity index is 350. The van der Waals surface area contributed by atoms with Gasteiger partial charge in [0.1, 0.15) is 0 Å². The molecule has 1 aromatic rings. The molecule has 17 heavy (non-hydrogen) atoms. The van der Waals surface area contributed by atoms with Crippen molar-refractivity contribution in [3.8, 4) is 0 Å². The molecule has 94 valence electrons. The highest BCUT2D eigenvalue weighted by Crippen LogP contribution is 2.15. The van der Waals surface area contributed by atoms with E-state index in [0.29, 0.717) is 5.92 Å². The highest BCUT2D eigenvalue weighted by atomic mass is 32.1. The van der Waals surface area contributed by atoms with Gasteiger partial charge in [0.2, 0.25) is 5.91 Å². The van der Waals surface area contributed by atoms with E-state index in [2.05, 4.69) is 34.4 Å². The zero-order valence-electron chi connectivity index (χ0n) is 10.2. The van der Waals surface area contributed by atoms with Gasteiger partial charge in [0.05, 0.1) is 6.04 Å². The molecule has 0 bridgehead atoms. The van der Waals surface area contributed by atoms with Crippen LogP contribution in [0.5, 0.6) is 0 Å². The maximum Gasteiger partial charge on any atom is 0.237 e. The van der Waals surface area contributed by atoms with E-state index in [-0.39, 0.29) is 11.9 Å². The summed E-state index contributed by atoms with van der Waals surface area (Å²) in [4.78, 5) is 12.0. The second-order valence-corrected chi connectivity index (χ2v) is 5.50. The smallest absolute Gasteiger partial charge is 0.237 e. The number of thiophene rings is 1. The van der Waals surface area contributed by atoms with E-state index in [1.807, 2.05) is 0 Å². The highest BCUT2D eigenvalue weighted by molar-refractivity contribution is 7.07. The maximum absolute atomic E-state index is 12.0. The minimum Gasteiger partial charge on any atom is -0.354 e. The topological polar surface area (TPSA) is 41.1 Å². The molecule has 2 unspecified atom stereocenters. The van der Waals surface area contributed by atoms with Crippen molar-refractivity contribution in [2.75, 3.05) is 13.1 Å². The van der Waals surface area contributed by atoms with E-state index >= 15 is 0 Å². The molecule has 2 N–H and O–H groups in total. The fourth-order valence-electron chi connectivity index (χ4n) is 2.28. The lowest BCUT2D eigenvalue weighted by atomic mass is 9.92. The summed E-state index contributed by atoms with van der Waals surface area (Å²) in [5.41, 5.74) is 1.31. The molecule has 1 aliphatic heterocycles. The van der Waals surface area contributed by atoms with Crippen LogP contribution in [0.25, 0.3) is 0 Å². The molecule has 0 saturated carbocycles. The Kier molecular flexibility index (Phi) is 4.57. The summed E-state index contributed by atoms with van der Waals surface area (Å²) >= 11 is 1.70. The monoisotopic (exact) mass is 252 g/mol. The summed E-state index contributed by atoms with van der Waals surface area (Å²) in [6.07, 6.45) is 3.26. The van der Waals surface area contributed by atoms with Gasteiger partial charge in [-0.2, -0.15) is 11.3 Å². The van der Waals surface area contributed by atoms with E-state index in [4.69, 9.17) is 0 Å². The molecule has 0 aromatic carbocycles. The molecule has 2 heterocycles. The van der Waals surface area contributed by atoms with Gasteiger partial charge < -0.3 is 10.6 Å². The first-order valence-electron chi connectivity index (χ1n) is 6.29. The van der Waals surface area contributed by atoms with Crippen LogP contribution in [0.15, 0.2) is 16.8 Å². The van der Waals surface area contributed by atoms with E-state index in [0.717, 1.165) is 25.9 Å². The van der Waals surface area contributed by atoms with Gasteiger partial charge in [-0.25, -0.2) is 0 Å². The minimum absolute atomic E-state index is 0.00576. The number of carbonyl (C=O) groups is 1. The third-order valence-corrected chi connectivity index (χ3v) is 4.08. The number of carbonyl (C=O) groups excluding carboxylic acids is 1. The number of hydrogen-bond acceptors (Lipinski definition) is 3. The van der Waals surface area contributed by atoms with E-state index in [9.17, 15) is 4.79 Å². The Morgan fingerprint density at radius 1 is 1.65 bits per heavy atom. The van der Waals surface area contributed by atoms with E-state index < -0.39 is 0 Å². The number of nitrogens with one attached hydrogen (secondary N) is 2. The number of hydrogen-bond donors (Lipinski definition) is 2. The van der Waals surface area contributed by atoms with Crippen LogP contribution >= 0.6 is 11.3 Å². The molecule has 1 saturated heterocycles. The molecule has 2 rings (SSSR count). The number of rotatable bonds is 4.